The van der Waals surface area contributed by atoms with E-state index >= 15 is 0 Å². The molecule has 0 spiro atoms. The number of anilines is 1. The van der Waals surface area contributed by atoms with Gasteiger partial charge in [-0.2, -0.15) is 4.98 Å². The van der Waals surface area contributed by atoms with Gasteiger partial charge < -0.3 is 14.8 Å². The van der Waals surface area contributed by atoms with Gasteiger partial charge in [-0.15, -0.1) is 5.10 Å². The van der Waals surface area contributed by atoms with Crippen molar-refractivity contribution in [3.8, 4) is 5.75 Å². The lowest BCUT2D eigenvalue weighted by Crippen LogP contribution is -2.29. The molecule has 0 radical (unpaired) electrons. The van der Waals surface area contributed by atoms with Crippen molar-refractivity contribution in [1.82, 2.24) is 14.8 Å². The molecule has 2 heterocycles. The number of hydrogen-bond donors (Lipinski definition) is 1. The zero-order valence-corrected chi connectivity index (χ0v) is 20.5. The van der Waals surface area contributed by atoms with Crippen LogP contribution in [0.4, 0.5) is 5.95 Å². The van der Waals surface area contributed by atoms with E-state index in [-0.39, 0.29) is 6.61 Å². The summed E-state index contributed by atoms with van der Waals surface area (Å²) in [7, 11) is 0. The first-order valence-electron chi connectivity index (χ1n) is 10.8. The number of benzene rings is 2. The van der Waals surface area contributed by atoms with Gasteiger partial charge in [0.05, 0.1) is 5.57 Å². The molecule has 0 saturated carbocycles. The number of ether oxygens (including phenoxy) is 2. The summed E-state index contributed by atoms with van der Waals surface area (Å²) in [5.41, 5.74) is 2.96. The Hall–Kier alpha value is -3.23. The molecule has 1 unspecified atom stereocenters. The van der Waals surface area contributed by atoms with Crippen LogP contribution in [0.25, 0.3) is 0 Å². The third-order valence-corrected chi connectivity index (χ3v) is 6.12. The van der Waals surface area contributed by atoms with Crippen molar-refractivity contribution in [2.45, 2.75) is 31.7 Å². The van der Waals surface area contributed by atoms with E-state index in [4.69, 9.17) is 21.1 Å². The smallest absolute Gasteiger partial charge is 0.338 e. The van der Waals surface area contributed by atoms with Crippen molar-refractivity contribution in [3.05, 3.63) is 88.6 Å². The van der Waals surface area contributed by atoms with Crippen LogP contribution >= 0.6 is 23.4 Å². The fraction of sp³-hybridized carbons (Fsp3) is 0.240. The van der Waals surface area contributed by atoms with Crippen LogP contribution in [-0.4, -0.2) is 33.1 Å². The van der Waals surface area contributed by atoms with E-state index in [9.17, 15) is 4.79 Å². The lowest BCUT2D eigenvalue weighted by molar-refractivity contribution is -0.138. The average Bonchev–Trinajstić information content (AvgIpc) is 3.23. The first kappa shape index (κ1) is 23.9. The molecule has 0 bridgehead atoms. The van der Waals surface area contributed by atoms with Crippen LogP contribution < -0.4 is 10.1 Å². The lowest BCUT2D eigenvalue weighted by Gasteiger charge is -2.28. The first-order chi connectivity index (χ1) is 16.5. The molecule has 176 valence electrons. The third kappa shape index (κ3) is 5.29. The zero-order valence-electron chi connectivity index (χ0n) is 19.0. The molecule has 1 N–H and O–H groups in total. The minimum absolute atomic E-state index is 0.119. The maximum atomic E-state index is 13.0. The van der Waals surface area contributed by atoms with Crippen molar-refractivity contribution in [2.24, 2.45) is 0 Å². The van der Waals surface area contributed by atoms with E-state index in [1.807, 2.05) is 62.4 Å². The lowest BCUT2D eigenvalue weighted by atomic mass is 9.95. The molecule has 2 aromatic carbocycles. The van der Waals surface area contributed by atoms with E-state index in [0.29, 0.717) is 39.8 Å². The second-order valence-electron chi connectivity index (χ2n) is 7.54. The minimum Gasteiger partial charge on any atom is -0.489 e. The number of carbonyl (C=O) groups is 1. The number of nitrogens with one attached hydrogen (secondary N) is 1. The van der Waals surface area contributed by atoms with Gasteiger partial charge in [-0.05, 0) is 48.1 Å². The van der Waals surface area contributed by atoms with E-state index in [2.05, 4.69) is 22.0 Å². The van der Waals surface area contributed by atoms with Gasteiger partial charge in [-0.1, -0.05) is 67.2 Å². The highest BCUT2D eigenvalue weighted by Gasteiger charge is 2.35. The summed E-state index contributed by atoms with van der Waals surface area (Å²) < 4.78 is 13.2. The number of halogens is 1. The van der Waals surface area contributed by atoms with Gasteiger partial charge in [-0.25, -0.2) is 9.48 Å². The van der Waals surface area contributed by atoms with E-state index in [1.165, 1.54) is 11.8 Å². The SMILES string of the molecule is C=CCOC(=O)C1=C(C)Nc2nc(SCC)nn2C1c1cccc(OCc2ccc(Cl)cc2)c1. The van der Waals surface area contributed by atoms with Gasteiger partial charge >= 0.3 is 5.97 Å². The van der Waals surface area contributed by atoms with E-state index in [0.717, 1.165) is 16.9 Å². The molecule has 9 heteroatoms. The van der Waals surface area contributed by atoms with Crippen molar-refractivity contribution < 1.29 is 14.3 Å². The van der Waals surface area contributed by atoms with Gasteiger partial charge in [0.2, 0.25) is 11.1 Å². The van der Waals surface area contributed by atoms with Crippen LogP contribution in [0.5, 0.6) is 5.75 Å². The fourth-order valence-electron chi connectivity index (χ4n) is 3.63. The number of rotatable bonds is 9. The average molecular weight is 497 g/mol. The van der Waals surface area contributed by atoms with Gasteiger partial charge in [-0.3, -0.25) is 0 Å². The Kier molecular flexibility index (Phi) is 7.59. The van der Waals surface area contributed by atoms with Crippen LogP contribution in [0, 0.1) is 0 Å². The Morgan fingerprint density at radius 1 is 1.29 bits per heavy atom. The van der Waals surface area contributed by atoms with E-state index in [1.54, 1.807) is 10.8 Å². The number of esters is 1. The molecule has 34 heavy (non-hydrogen) atoms. The molecule has 4 rings (SSSR count). The monoisotopic (exact) mass is 496 g/mol. The molecule has 1 aromatic heterocycles. The Morgan fingerprint density at radius 2 is 2.09 bits per heavy atom. The van der Waals surface area contributed by atoms with Crippen LogP contribution in [-0.2, 0) is 16.1 Å². The molecule has 0 saturated heterocycles. The predicted molar refractivity (Wildman–Crippen MR) is 134 cm³/mol. The van der Waals surface area contributed by atoms with Gasteiger partial charge in [0, 0.05) is 10.7 Å². The molecule has 0 aliphatic carbocycles. The second-order valence-corrected chi connectivity index (χ2v) is 9.20. The Morgan fingerprint density at radius 3 is 2.82 bits per heavy atom. The standard InChI is InChI=1S/C25H25ClN4O3S/c1-4-13-32-23(31)21-16(3)27-24-28-25(34-5-2)29-30(24)22(21)18-7-6-8-20(14-18)33-15-17-9-11-19(26)12-10-17/h4,6-12,14,22H,1,5,13,15H2,2-3H3,(H,27,28,29). The quantitative estimate of drug-likeness (QED) is 0.233. The summed E-state index contributed by atoms with van der Waals surface area (Å²) in [6.07, 6.45) is 1.54. The van der Waals surface area contributed by atoms with Crippen molar-refractivity contribution >= 4 is 35.3 Å². The summed E-state index contributed by atoms with van der Waals surface area (Å²) in [4.78, 5) is 17.6. The van der Waals surface area contributed by atoms with Gasteiger partial charge in [0.25, 0.3) is 0 Å². The summed E-state index contributed by atoms with van der Waals surface area (Å²) in [6.45, 7) is 8.02. The summed E-state index contributed by atoms with van der Waals surface area (Å²) >= 11 is 7.51. The molecule has 7 nitrogen and oxygen atoms in total. The molecule has 1 aliphatic rings. The molecular formula is C25H25ClN4O3S. The van der Waals surface area contributed by atoms with Crippen LogP contribution in [0.3, 0.4) is 0 Å². The normalized spacial score (nSPS) is 14.9. The van der Waals surface area contributed by atoms with Crippen LogP contribution in [0.15, 0.2) is 77.6 Å². The topological polar surface area (TPSA) is 78.3 Å². The Labute approximate surface area is 207 Å². The molecule has 1 aliphatic heterocycles. The fourth-order valence-corrected chi connectivity index (χ4v) is 4.31. The number of thioether (sulfide) groups is 1. The zero-order chi connectivity index (χ0) is 24.1. The number of hydrogen-bond acceptors (Lipinski definition) is 7. The summed E-state index contributed by atoms with van der Waals surface area (Å²) in [5.74, 6) is 1.65. The molecular weight excluding hydrogens is 472 g/mol. The maximum absolute atomic E-state index is 13.0. The number of fused-ring (bicyclic) bond motifs is 1. The first-order valence-corrected chi connectivity index (χ1v) is 12.2. The number of allylic oxidation sites excluding steroid dienone is 1. The Balaban J connectivity index is 1.68. The minimum atomic E-state index is -0.522. The molecule has 0 amide bonds. The third-order valence-electron chi connectivity index (χ3n) is 5.15. The van der Waals surface area contributed by atoms with E-state index < -0.39 is 12.0 Å². The second kappa shape index (κ2) is 10.8. The highest BCUT2D eigenvalue weighted by Crippen LogP contribution is 2.37. The predicted octanol–water partition coefficient (Wildman–Crippen LogP) is 5.64. The van der Waals surface area contributed by atoms with Crippen molar-refractivity contribution in [2.75, 3.05) is 17.7 Å². The molecule has 1 atom stereocenters. The van der Waals surface area contributed by atoms with Crippen molar-refractivity contribution in [1.29, 1.82) is 0 Å². The highest BCUT2D eigenvalue weighted by molar-refractivity contribution is 7.99. The summed E-state index contributed by atoms with van der Waals surface area (Å²) in [5, 5.41) is 9.18. The number of aromatic nitrogens is 3. The largest absolute Gasteiger partial charge is 0.489 e. The molecule has 3 aromatic rings. The molecule has 0 fully saturated rings. The summed E-state index contributed by atoms with van der Waals surface area (Å²) in [6, 6.07) is 14.6. The number of carbonyl (C=O) groups excluding carboxylic acids is 1. The highest BCUT2D eigenvalue weighted by atomic mass is 35.5. The maximum Gasteiger partial charge on any atom is 0.338 e. The number of nitrogens with zero attached hydrogens (tertiary/aromatic N) is 3. The van der Waals surface area contributed by atoms with Crippen LogP contribution in [0.2, 0.25) is 5.02 Å². The van der Waals surface area contributed by atoms with Crippen molar-refractivity contribution in [3.63, 3.8) is 0 Å². The van der Waals surface area contributed by atoms with Crippen LogP contribution in [0.1, 0.15) is 31.0 Å². The van der Waals surface area contributed by atoms with Gasteiger partial charge in [0.15, 0.2) is 0 Å². The van der Waals surface area contributed by atoms with Gasteiger partial charge in [0.1, 0.15) is 25.0 Å². The Bertz CT molecular complexity index is 1220.